The molecule has 0 aliphatic rings. The van der Waals surface area contributed by atoms with E-state index in [2.05, 4.69) is 10.3 Å². The van der Waals surface area contributed by atoms with E-state index in [1.54, 1.807) is 14.2 Å². The molecule has 0 saturated heterocycles. The molecule has 3 aromatic carbocycles. The molecular weight excluding hydrogens is 354 g/mol. The normalized spacial score (nSPS) is 11.0. The summed E-state index contributed by atoms with van der Waals surface area (Å²) in [5, 5.41) is 3.08. The quantitative estimate of drug-likeness (QED) is 0.471. The summed E-state index contributed by atoms with van der Waals surface area (Å²) in [7, 11) is 3.21. The molecule has 0 spiro atoms. The van der Waals surface area contributed by atoms with E-state index in [1.165, 1.54) is 0 Å². The lowest BCUT2D eigenvalue weighted by atomic mass is 10.2. The molecule has 6 nitrogen and oxygen atoms in total. The Kier molecular flexibility index (Phi) is 6.36. The van der Waals surface area contributed by atoms with Crippen molar-refractivity contribution < 1.29 is 14.2 Å². The van der Waals surface area contributed by atoms with Gasteiger partial charge in [-0.3, -0.25) is 0 Å². The van der Waals surface area contributed by atoms with E-state index in [1.807, 2.05) is 72.8 Å². The van der Waals surface area contributed by atoms with Crippen LogP contribution in [0.2, 0.25) is 0 Å². The fourth-order valence-electron chi connectivity index (χ4n) is 2.60. The van der Waals surface area contributed by atoms with Crippen molar-refractivity contribution in [2.75, 3.05) is 19.5 Å². The van der Waals surface area contributed by atoms with Gasteiger partial charge in [0.1, 0.15) is 11.5 Å². The maximum atomic E-state index is 6.02. The van der Waals surface area contributed by atoms with E-state index in [9.17, 15) is 0 Å². The Morgan fingerprint density at radius 3 is 2.36 bits per heavy atom. The van der Waals surface area contributed by atoms with E-state index in [4.69, 9.17) is 19.9 Å². The molecule has 0 radical (unpaired) electrons. The molecule has 0 unspecified atom stereocenters. The second kappa shape index (κ2) is 9.32. The minimum Gasteiger partial charge on any atom is -0.493 e. The summed E-state index contributed by atoms with van der Waals surface area (Å²) in [6.45, 7) is 0.416. The van der Waals surface area contributed by atoms with Gasteiger partial charge < -0.3 is 25.3 Å². The number of nitrogens with one attached hydrogen (secondary N) is 1. The van der Waals surface area contributed by atoms with Gasteiger partial charge >= 0.3 is 0 Å². The number of para-hydroxylation sites is 1. The van der Waals surface area contributed by atoms with Crippen molar-refractivity contribution >= 4 is 11.6 Å². The Hall–Kier alpha value is -3.67. The molecule has 0 aliphatic carbocycles. The van der Waals surface area contributed by atoms with Gasteiger partial charge in [0.15, 0.2) is 17.5 Å². The van der Waals surface area contributed by atoms with Gasteiger partial charge in [0, 0.05) is 11.8 Å². The Balaban J connectivity index is 1.64. The predicted octanol–water partition coefficient (Wildman–Crippen LogP) is 4.42. The van der Waals surface area contributed by atoms with E-state index >= 15 is 0 Å². The summed E-state index contributed by atoms with van der Waals surface area (Å²) in [5.74, 6) is 3.13. The van der Waals surface area contributed by atoms with Crippen LogP contribution >= 0.6 is 0 Å². The van der Waals surface area contributed by atoms with Crippen molar-refractivity contribution in [2.45, 2.75) is 6.54 Å². The lowest BCUT2D eigenvalue weighted by Gasteiger charge is -2.10. The Morgan fingerprint density at radius 1 is 0.857 bits per heavy atom. The first-order valence-electron chi connectivity index (χ1n) is 8.79. The number of hydrogen-bond acceptors (Lipinski definition) is 4. The molecule has 3 rings (SSSR count). The number of benzene rings is 3. The van der Waals surface area contributed by atoms with E-state index in [0.717, 1.165) is 17.0 Å². The van der Waals surface area contributed by atoms with Gasteiger partial charge in [-0.2, -0.15) is 0 Å². The molecule has 0 saturated carbocycles. The van der Waals surface area contributed by atoms with Crippen LogP contribution in [-0.2, 0) is 6.54 Å². The Labute approximate surface area is 164 Å². The van der Waals surface area contributed by atoms with E-state index < -0.39 is 0 Å². The molecule has 28 heavy (non-hydrogen) atoms. The molecule has 0 aliphatic heterocycles. The summed E-state index contributed by atoms with van der Waals surface area (Å²) in [4.78, 5) is 4.38. The fraction of sp³-hybridized carbons (Fsp3) is 0.136. The number of nitrogens with two attached hydrogens (primary N) is 1. The number of ether oxygens (including phenoxy) is 3. The summed E-state index contributed by atoms with van der Waals surface area (Å²) >= 11 is 0. The molecule has 6 heteroatoms. The highest BCUT2D eigenvalue weighted by Gasteiger charge is 2.05. The third kappa shape index (κ3) is 5.17. The van der Waals surface area contributed by atoms with Crippen LogP contribution in [0.4, 0.5) is 5.69 Å². The van der Waals surface area contributed by atoms with Crippen molar-refractivity contribution in [1.82, 2.24) is 0 Å². The van der Waals surface area contributed by atoms with Crippen LogP contribution in [0.15, 0.2) is 77.8 Å². The maximum absolute atomic E-state index is 6.02. The van der Waals surface area contributed by atoms with E-state index in [0.29, 0.717) is 29.8 Å². The highest BCUT2D eigenvalue weighted by atomic mass is 16.5. The van der Waals surface area contributed by atoms with Crippen LogP contribution in [0, 0.1) is 0 Å². The van der Waals surface area contributed by atoms with Crippen LogP contribution in [0.3, 0.4) is 0 Å². The average Bonchev–Trinajstić information content (AvgIpc) is 2.73. The van der Waals surface area contributed by atoms with Crippen LogP contribution in [0.25, 0.3) is 0 Å². The second-order valence-corrected chi connectivity index (χ2v) is 5.96. The third-order valence-corrected chi connectivity index (χ3v) is 3.97. The van der Waals surface area contributed by atoms with Gasteiger partial charge in [0.05, 0.1) is 20.8 Å². The summed E-state index contributed by atoms with van der Waals surface area (Å²) in [5.41, 5.74) is 7.78. The maximum Gasteiger partial charge on any atom is 0.193 e. The third-order valence-electron chi connectivity index (χ3n) is 3.97. The zero-order valence-corrected chi connectivity index (χ0v) is 15.9. The second-order valence-electron chi connectivity index (χ2n) is 5.96. The number of aliphatic imine (C=N–C) groups is 1. The van der Waals surface area contributed by atoms with Gasteiger partial charge in [-0.15, -0.1) is 0 Å². The number of hydrogen-bond donors (Lipinski definition) is 2. The first-order valence-corrected chi connectivity index (χ1v) is 8.79. The van der Waals surface area contributed by atoms with Gasteiger partial charge in [-0.05, 0) is 42.0 Å². The molecule has 0 bridgehead atoms. The lowest BCUT2D eigenvalue weighted by Crippen LogP contribution is -2.22. The van der Waals surface area contributed by atoms with Crippen molar-refractivity contribution in [3.63, 3.8) is 0 Å². The van der Waals surface area contributed by atoms with E-state index in [-0.39, 0.29) is 0 Å². The summed E-state index contributed by atoms with van der Waals surface area (Å²) in [6, 6.07) is 22.8. The van der Waals surface area contributed by atoms with Crippen LogP contribution in [0.5, 0.6) is 23.0 Å². The molecule has 3 N–H and O–H groups in total. The molecule has 0 aromatic heterocycles. The SMILES string of the molecule is COc1ccc(CN=C(N)Nc2cccc(Oc3ccccc3)c2)cc1OC. The van der Waals surface area contributed by atoms with Crippen molar-refractivity contribution in [1.29, 1.82) is 0 Å². The summed E-state index contributed by atoms with van der Waals surface area (Å²) < 4.78 is 16.4. The average molecular weight is 377 g/mol. The molecule has 0 fully saturated rings. The minimum atomic E-state index is 0.312. The smallest absolute Gasteiger partial charge is 0.193 e. The first-order chi connectivity index (χ1) is 13.7. The van der Waals surface area contributed by atoms with Crippen LogP contribution in [-0.4, -0.2) is 20.2 Å². The van der Waals surface area contributed by atoms with Crippen molar-refractivity contribution in [3.8, 4) is 23.0 Å². The number of anilines is 1. The highest BCUT2D eigenvalue weighted by molar-refractivity contribution is 5.92. The topological polar surface area (TPSA) is 78.1 Å². The largest absolute Gasteiger partial charge is 0.493 e. The number of guanidine groups is 1. The molecule has 0 amide bonds. The number of methoxy groups -OCH3 is 2. The molecular formula is C22H23N3O3. The number of rotatable bonds is 7. The highest BCUT2D eigenvalue weighted by Crippen LogP contribution is 2.28. The van der Waals surface area contributed by atoms with Crippen LogP contribution < -0.4 is 25.3 Å². The van der Waals surface area contributed by atoms with Gasteiger partial charge in [-0.25, -0.2) is 4.99 Å². The monoisotopic (exact) mass is 377 g/mol. The molecule has 3 aromatic rings. The lowest BCUT2D eigenvalue weighted by molar-refractivity contribution is 0.354. The number of nitrogens with zero attached hydrogens (tertiary/aromatic N) is 1. The van der Waals surface area contributed by atoms with Gasteiger partial charge in [0.25, 0.3) is 0 Å². The Bertz CT molecular complexity index is 943. The zero-order chi connectivity index (χ0) is 19.8. The summed E-state index contributed by atoms with van der Waals surface area (Å²) in [6.07, 6.45) is 0. The molecule has 144 valence electrons. The Morgan fingerprint density at radius 2 is 1.61 bits per heavy atom. The minimum absolute atomic E-state index is 0.312. The molecule has 0 heterocycles. The molecule has 0 atom stereocenters. The predicted molar refractivity (Wildman–Crippen MR) is 111 cm³/mol. The van der Waals surface area contributed by atoms with Crippen molar-refractivity contribution in [3.05, 3.63) is 78.4 Å². The van der Waals surface area contributed by atoms with Crippen molar-refractivity contribution in [2.24, 2.45) is 10.7 Å². The first kappa shape index (κ1) is 19.1. The van der Waals surface area contributed by atoms with Gasteiger partial charge in [0.2, 0.25) is 0 Å². The standard InChI is InChI=1S/C22H23N3O3/c1-26-20-12-11-16(13-21(20)27-2)15-24-22(23)25-17-7-6-10-19(14-17)28-18-8-4-3-5-9-18/h3-14H,15H2,1-2H3,(H3,23,24,25). The zero-order valence-electron chi connectivity index (χ0n) is 15.9. The van der Waals surface area contributed by atoms with Crippen LogP contribution in [0.1, 0.15) is 5.56 Å². The fourth-order valence-corrected chi connectivity index (χ4v) is 2.60. The van der Waals surface area contributed by atoms with Gasteiger partial charge in [-0.1, -0.05) is 30.3 Å².